The maximum absolute atomic E-state index is 11.3. The van der Waals surface area contributed by atoms with E-state index in [4.69, 9.17) is 11.6 Å². The van der Waals surface area contributed by atoms with Crippen LogP contribution in [0.3, 0.4) is 0 Å². The van der Waals surface area contributed by atoms with Gasteiger partial charge in [-0.2, -0.15) is 5.10 Å². The molecule has 0 aliphatic rings. The zero-order chi connectivity index (χ0) is 13.8. The Bertz CT molecular complexity index is 580. The SMILES string of the molecule is CCC(=O)Nc1nn(Cc2ccc(Cl)cc2)cc1Br. The van der Waals surface area contributed by atoms with Crippen molar-refractivity contribution in [2.75, 3.05) is 5.32 Å². The van der Waals surface area contributed by atoms with Gasteiger partial charge in [0.05, 0.1) is 11.0 Å². The molecule has 2 rings (SSSR count). The van der Waals surface area contributed by atoms with Crippen LogP contribution in [0.5, 0.6) is 0 Å². The Morgan fingerprint density at radius 1 is 1.42 bits per heavy atom. The van der Waals surface area contributed by atoms with Gasteiger partial charge in [0.2, 0.25) is 5.91 Å². The number of carbonyl (C=O) groups is 1. The van der Waals surface area contributed by atoms with Gasteiger partial charge in [-0.3, -0.25) is 9.48 Å². The number of hydrogen-bond acceptors (Lipinski definition) is 2. The maximum Gasteiger partial charge on any atom is 0.225 e. The van der Waals surface area contributed by atoms with E-state index < -0.39 is 0 Å². The van der Waals surface area contributed by atoms with E-state index in [0.29, 0.717) is 23.8 Å². The second-order valence-corrected chi connectivity index (χ2v) is 5.34. The molecule has 0 bridgehead atoms. The Morgan fingerprint density at radius 2 is 2.11 bits per heavy atom. The molecular formula is C13H13BrClN3O. The number of aromatic nitrogens is 2. The van der Waals surface area contributed by atoms with Gasteiger partial charge in [0.25, 0.3) is 0 Å². The fourth-order valence-electron chi connectivity index (χ4n) is 1.56. The van der Waals surface area contributed by atoms with Crippen molar-refractivity contribution in [3.8, 4) is 0 Å². The van der Waals surface area contributed by atoms with Gasteiger partial charge in [0.15, 0.2) is 5.82 Å². The molecule has 1 amide bonds. The Hall–Kier alpha value is -1.33. The first kappa shape index (κ1) is 14.1. The Labute approximate surface area is 124 Å². The van der Waals surface area contributed by atoms with Gasteiger partial charge in [0, 0.05) is 17.6 Å². The molecule has 19 heavy (non-hydrogen) atoms. The summed E-state index contributed by atoms with van der Waals surface area (Å²) in [5, 5.41) is 7.77. The van der Waals surface area contributed by atoms with Gasteiger partial charge in [-0.1, -0.05) is 30.7 Å². The first-order chi connectivity index (χ1) is 9.08. The summed E-state index contributed by atoms with van der Waals surface area (Å²) >= 11 is 9.22. The molecule has 0 saturated heterocycles. The lowest BCUT2D eigenvalue weighted by Crippen LogP contribution is -2.11. The average molecular weight is 343 g/mol. The monoisotopic (exact) mass is 341 g/mol. The minimum absolute atomic E-state index is 0.0579. The van der Waals surface area contributed by atoms with Gasteiger partial charge < -0.3 is 5.32 Å². The molecule has 4 nitrogen and oxygen atoms in total. The van der Waals surface area contributed by atoms with Crippen molar-refractivity contribution in [3.63, 3.8) is 0 Å². The van der Waals surface area contributed by atoms with E-state index in [0.717, 1.165) is 10.0 Å². The third kappa shape index (κ3) is 3.81. The lowest BCUT2D eigenvalue weighted by Gasteiger charge is -2.02. The summed E-state index contributed by atoms with van der Waals surface area (Å²) in [6.07, 6.45) is 2.26. The highest BCUT2D eigenvalue weighted by atomic mass is 79.9. The summed E-state index contributed by atoms with van der Waals surface area (Å²) in [6.45, 7) is 2.42. The van der Waals surface area contributed by atoms with E-state index >= 15 is 0 Å². The van der Waals surface area contributed by atoms with E-state index in [1.165, 1.54) is 0 Å². The van der Waals surface area contributed by atoms with Crippen molar-refractivity contribution in [2.45, 2.75) is 19.9 Å². The van der Waals surface area contributed by atoms with Crippen LogP contribution in [-0.2, 0) is 11.3 Å². The zero-order valence-corrected chi connectivity index (χ0v) is 12.7. The topological polar surface area (TPSA) is 46.9 Å². The number of halogens is 2. The predicted octanol–water partition coefficient (Wildman–Crippen LogP) is 3.70. The van der Waals surface area contributed by atoms with Crippen molar-refractivity contribution in [2.24, 2.45) is 0 Å². The van der Waals surface area contributed by atoms with Gasteiger partial charge in [-0.05, 0) is 33.6 Å². The van der Waals surface area contributed by atoms with Gasteiger partial charge in [0.1, 0.15) is 0 Å². The molecule has 0 spiro atoms. The van der Waals surface area contributed by atoms with E-state index in [1.807, 2.05) is 30.5 Å². The third-order valence-corrected chi connectivity index (χ3v) is 3.39. The number of amides is 1. The second kappa shape index (κ2) is 6.21. The summed E-state index contributed by atoms with van der Waals surface area (Å²) in [4.78, 5) is 11.3. The van der Waals surface area contributed by atoms with Crippen LogP contribution in [0.15, 0.2) is 34.9 Å². The number of hydrogen-bond donors (Lipinski definition) is 1. The summed E-state index contributed by atoms with van der Waals surface area (Å²) in [6, 6.07) is 7.58. The van der Waals surface area contributed by atoms with E-state index in [9.17, 15) is 4.79 Å². The van der Waals surface area contributed by atoms with Crippen LogP contribution in [-0.4, -0.2) is 15.7 Å². The number of benzene rings is 1. The summed E-state index contributed by atoms with van der Waals surface area (Å²) in [7, 11) is 0. The molecule has 0 atom stereocenters. The third-order valence-electron chi connectivity index (χ3n) is 2.55. The lowest BCUT2D eigenvalue weighted by molar-refractivity contribution is -0.115. The highest BCUT2D eigenvalue weighted by Crippen LogP contribution is 2.21. The number of nitrogens with zero attached hydrogens (tertiary/aromatic N) is 2. The standard InChI is InChI=1S/C13H13BrClN3O/c1-2-12(19)16-13-11(14)8-18(17-13)7-9-3-5-10(15)6-4-9/h3-6,8H,2,7H2,1H3,(H,16,17,19). The Balaban J connectivity index is 2.11. The summed E-state index contributed by atoms with van der Waals surface area (Å²) in [5.41, 5.74) is 1.09. The van der Waals surface area contributed by atoms with Crippen molar-refractivity contribution in [1.29, 1.82) is 0 Å². The first-order valence-corrected chi connectivity index (χ1v) is 7.03. The number of nitrogens with one attached hydrogen (secondary N) is 1. The van der Waals surface area contributed by atoms with Crippen LogP contribution in [0.1, 0.15) is 18.9 Å². The molecule has 1 heterocycles. The molecule has 2 aromatic rings. The molecule has 0 unspecified atom stereocenters. The molecule has 6 heteroatoms. The Morgan fingerprint density at radius 3 is 2.74 bits per heavy atom. The quantitative estimate of drug-likeness (QED) is 0.921. The predicted molar refractivity (Wildman–Crippen MR) is 79.4 cm³/mol. The van der Waals surface area contributed by atoms with Gasteiger partial charge in [-0.25, -0.2) is 0 Å². The van der Waals surface area contributed by atoms with E-state index in [-0.39, 0.29) is 5.91 Å². The summed E-state index contributed by atoms with van der Waals surface area (Å²) in [5.74, 6) is 0.484. The molecule has 0 saturated carbocycles. The molecular weight excluding hydrogens is 330 g/mol. The zero-order valence-electron chi connectivity index (χ0n) is 10.4. The molecule has 100 valence electrons. The van der Waals surface area contributed by atoms with Crippen LogP contribution in [0.25, 0.3) is 0 Å². The first-order valence-electron chi connectivity index (χ1n) is 5.85. The number of rotatable bonds is 4. The van der Waals surface area contributed by atoms with Crippen LogP contribution < -0.4 is 5.32 Å². The molecule has 0 fully saturated rings. The van der Waals surface area contributed by atoms with Crippen molar-refractivity contribution in [1.82, 2.24) is 9.78 Å². The smallest absolute Gasteiger partial charge is 0.225 e. The van der Waals surface area contributed by atoms with Crippen LogP contribution in [0.4, 0.5) is 5.82 Å². The van der Waals surface area contributed by atoms with Gasteiger partial charge in [-0.15, -0.1) is 0 Å². The molecule has 0 aliphatic heterocycles. The molecule has 1 aromatic carbocycles. The highest BCUT2D eigenvalue weighted by Gasteiger charge is 2.09. The van der Waals surface area contributed by atoms with Crippen LogP contribution in [0.2, 0.25) is 5.02 Å². The van der Waals surface area contributed by atoms with E-state index in [1.54, 1.807) is 11.6 Å². The fourth-order valence-corrected chi connectivity index (χ4v) is 2.10. The molecule has 0 aliphatic carbocycles. The number of anilines is 1. The highest BCUT2D eigenvalue weighted by molar-refractivity contribution is 9.10. The van der Waals surface area contributed by atoms with E-state index in [2.05, 4.69) is 26.3 Å². The molecule has 1 aromatic heterocycles. The lowest BCUT2D eigenvalue weighted by atomic mass is 10.2. The second-order valence-electron chi connectivity index (χ2n) is 4.05. The van der Waals surface area contributed by atoms with Crippen molar-refractivity contribution >= 4 is 39.3 Å². The fraction of sp³-hybridized carbons (Fsp3) is 0.231. The average Bonchev–Trinajstić information content (AvgIpc) is 2.72. The van der Waals surface area contributed by atoms with Crippen LogP contribution in [0, 0.1) is 0 Å². The Kier molecular flexibility index (Phi) is 4.61. The maximum atomic E-state index is 11.3. The number of carbonyl (C=O) groups excluding carboxylic acids is 1. The van der Waals surface area contributed by atoms with Crippen LogP contribution >= 0.6 is 27.5 Å². The van der Waals surface area contributed by atoms with Crippen molar-refractivity contribution in [3.05, 3.63) is 45.5 Å². The molecule has 0 radical (unpaired) electrons. The largest absolute Gasteiger partial charge is 0.308 e. The minimum atomic E-state index is -0.0579. The summed E-state index contributed by atoms with van der Waals surface area (Å²) < 4.78 is 2.53. The minimum Gasteiger partial charge on any atom is -0.308 e. The normalized spacial score (nSPS) is 10.5. The van der Waals surface area contributed by atoms with Crippen molar-refractivity contribution < 1.29 is 4.79 Å². The van der Waals surface area contributed by atoms with Gasteiger partial charge >= 0.3 is 0 Å². The molecule has 1 N–H and O–H groups in total.